The van der Waals surface area contributed by atoms with Gasteiger partial charge >= 0.3 is 5.97 Å². The molecule has 0 N–H and O–H groups in total. The number of ether oxygens (including phenoxy) is 1. The number of benzene rings is 2. The molecule has 1 atom stereocenters. The number of carbonyl (C=O) groups is 1. The molecular formula is C25H31ClN2O2. The molecule has 4 nitrogen and oxygen atoms in total. The van der Waals surface area contributed by atoms with Crippen LogP contribution in [0, 0.1) is 0 Å². The summed E-state index contributed by atoms with van der Waals surface area (Å²) < 4.78 is 5.02. The van der Waals surface area contributed by atoms with Crippen molar-refractivity contribution in [3.8, 4) is 0 Å². The first-order valence-corrected chi connectivity index (χ1v) is 11.1. The van der Waals surface area contributed by atoms with Crippen molar-refractivity contribution in [1.29, 1.82) is 0 Å². The minimum atomic E-state index is -0.320. The summed E-state index contributed by atoms with van der Waals surface area (Å²) in [5.74, 6) is 0.135. The number of esters is 1. The van der Waals surface area contributed by atoms with Gasteiger partial charge in [-0.25, -0.2) is 4.79 Å². The minimum Gasteiger partial charge on any atom is -0.462 e. The second-order valence-corrected chi connectivity index (χ2v) is 8.93. The van der Waals surface area contributed by atoms with Crippen molar-refractivity contribution in [2.24, 2.45) is 4.99 Å². The molecule has 0 amide bonds. The van der Waals surface area contributed by atoms with Gasteiger partial charge in [0, 0.05) is 29.5 Å². The molecule has 0 saturated carbocycles. The summed E-state index contributed by atoms with van der Waals surface area (Å²) in [6.07, 6.45) is 4.01. The lowest BCUT2D eigenvalue weighted by Crippen LogP contribution is -2.48. The first-order chi connectivity index (χ1) is 14.3. The zero-order valence-electron chi connectivity index (χ0n) is 18.5. The standard InChI is InChI=1S/C25H31ClN2O2/c1-6-12-28-23-14-22(26)19(13-21(23)17(3)15-25(28,4)5)16-27-20-10-8-18(9-11-20)24(29)30-7-2/h8-11,13-14,16-17H,6-7,12,15H2,1-5H3. The van der Waals surface area contributed by atoms with Crippen molar-refractivity contribution < 1.29 is 9.53 Å². The molecule has 3 rings (SSSR count). The lowest BCUT2D eigenvalue weighted by atomic mass is 9.79. The van der Waals surface area contributed by atoms with Crippen LogP contribution >= 0.6 is 11.6 Å². The van der Waals surface area contributed by atoms with E-state index in [0.29, 0.717) is 23.1 Å². The van der Waals surface area contributed by atoms with Crippen molar-refractivity contribution in [3.05, 3.63) is 58.1 Å². The third kappa shape index (κ3) is 4.70. The van der Waals surface area contributed by atoms with E-state index in [1.807, 2.05) is 12.1 Å². The zero-order chi connectivity index (χ0) is 21.9. The van der Waals surface area contributed by atoms with Gasteiger partial charge in [0.2, 0.25) is 0 Å². The Morgan fingerprint density at radius 2 is 1.97 bits per heavy atom. The van der Waals surface area contributed by atoms with E-state index in [1.165, 1.54) is 11.3 Å². The van der Waals surface area contributed by atoms with Crippen LogP contribution in [-0.4, -0.2) is 30.9 Å². The van der Waals surface area contributed by atoms with Crippen molar-refractivity contribution in [2.75, 3.05) is 18.1 Å². The highest BCUT2D eigenvalue weighted by Crippen LogP contribution is 2.45. The molecule has 0 aliphatic carbocycles. The number of halogens is 1. The van der Waals surface area contributed by atoms with E-state index in [4.69, 9.17) is 16.3 Å². The fourth-order valence-electron chi connectivity index (χ4n) is 4.31. The van der Waals surface area contributed by atoms with E-state index < -0.39 is 0 Å². The molecule has 1 aliphatic rings. The molecular weight excluding hydrogens is 396 g/mol. The number of anilines is 1. The third-order valence-corrected chi connectivity index (χ3v) is 6.01. The number of aliphatic imine (C=N–C) groups is 1. The molecule has 0 saturated heterocycles. The first kappa shape index (κ1) is 22.4. The first-order valence-electron chi connectivity index (χ1n) is 10.7. The van der Waals surface area contributed by atoms with Crippen LogP contribution in [0.15, 0.2) is 41.4 Å². The summed E-state index contributed by atoms with van der Waals surface area (Å²) in [5.41, 5.74) is 4.87. The quantitative estimate of drug-likeness (QED) is 0.378. The largest absolute Gasteiger partial charge is 0.462 e. The Hall–Kier alpha value is -2.33. The Balaban J connectivity index is 1.88. The number of hydrogen-bond donors (Lipinski definition) is 0. The van der Waals surface area contributed by atoms with Gasteiger partial charge in [-0.3, -0.25) is 4.99 Å². The van der Waals surface area contributed by atoms with Crippen molar-refractivity contribution in [1.82, 2.24) is 0 Å². The highest BCUT2D eigenvalue weighted by atomic mass is 35.5. The van der Waals surface area contributed by atoms with Crippen LogP contribution in [0.25, 0.3) is 0 Å². The predicted molar refractivity (Wildman–Crippen MR) is 126 cm³/mol. The summed E-state index contributed by atoms with van der Waals surface area (Å²) in [7, 11) is 0. The maximum Gasteiger partial charge on any atom is 0.338 e. The summed E-state index contributed by atoms with van der Waals surface area (Å²) in [6, 6.07) is 11.3. The average Bonchev–Trinajstić information content (AvgIpc) is 2.70. The van der Waals surface area contributed by atoms with E-state index in [2.05, 4.69) is 49.7 Å². The van der Waals surface area contributed by atoms with E-state index in [0.717, 1.165) is 30.6 Å². The number of hydrogen-bond acceptors (Lipinski definition) is 4. The number of carbonyl (C=O) groups excluding carboxylic acids is 1. The molecule has 160 valence electrons. The van der Waals surface area contributed by atoms with Crippen molar-refractivity contribution in [3.63, 3.8) is 0 Å². The van der Waals surface area contributed by atoms with Crippen LogP contribution < -0.4 is 4.90 Å². The van der Waals surface area contributed by atoms with Gasteiger partial charge in [-0.15, -0.1) is 0 Å². The molecule has 1 aliphatic heterocycles. The van der Waals surface area contributed by atoms with E-state index in [9.17, 15) is 4.79 Å². The maximum atomic E-state index is 11.8. The molecule has 2 aromatic carbocycles. The third-order valence-electron chi connectivity index (χ3n) is 5.68. The molecule has 0 aromatic heterocycles. The smallest absolute Gasteiger partial charge is 0.338 e. The van der Waals surface area contributed by atoms with Crippen LogP contribution in [0.3, 0.4) is 0 Å². The van der Waals surface area contributed by atoms with Crippen LogP contribution in [0.2, 0.25) is 5.02 Å². The Morgan fingerprint density at radius 1 is 1.27 bits per heavy atom. The van der Waals surface area contributed by atoms with Gasteiger partial charge in [0.1, 0.15) is 0 Å². The maximum absolute atomic E-state index is 11.8. The van der Waals surface area contributed by atoms with Crippen molar-refractivity contribution in [2.45, 2.75) is 58.9 Å². The van der Waals surface area contributed by atoms with Gasteiger partial charge in [-0.2, -0.15) is 0 Å². The lowest BCUT2D eigenvalue weighted by molar-refractivity contribution is 0.0526. The molecule has 1 heterocycles. The number of nitrogens with zero attached hydrogens (tertiary/aromatic N) is 2. The van der Waals surface area contributed by atoms with Crippen LogP contribution in [0.4, 0.5) is 11.4 Å². The number of rotatable bonds is 6. The molecule has 5 heteroatoms. The fraction of sp³-hybridized carbons (Fsp3) is 0.440. The van der Waals surface area contributed by atoms with Gasteiger partial charge in [-0.05, 0) is 81.5 Å². The van der Waals surface area contributed by atoms with Crippen LogP contribution in [0.1, 0.15) is 74.9 Å². The second kappa shape index (κ2) is 9.22. The summed E-state index contributed by atoms with van der Waals surface area (Å²) >= 11 is 6.66. The van der Waals surface area contributed by atoms with Gasteiger partial charge in [0.15, 0.2) is 0 Å². The van der Waals surface area contributed by atoms with Crippen molar-refractivity contribution >= 4 is 35.2 Å². The lowest BCUT2D eigenvalue weighted by Gasteiger charge is -2.47. The average molecular weight is 427 g/mol. The van der Waals surface area contributed by atoms with Gasteiger partial charge in [0.25, 0.3) is 0 Å². The molecule has 1 unspecified atom stereocenters. The topological polar surface area (TPSA) is 41.9 Å². The van der Waals surface area contributed by atoms with Gasteiger partial charge in [0.05, 0.1) is 22.9 Å². The molecule has 0 radical (unpaired) electrons. The van der Waals surface area contributed by atoms with Gasteiger partial charge < -0.3 is 9.64 Å². The van der Waals surface area contributed by atoms with Crippen LogP contribution in [-0.2, 0) is 4.74 Å². The molecule has 30 heavy (non-hydrogen) atoms. The summed E-state index contributed by atoms with van der Waals surface area (Å²) in [5, 5.41) is 0.701. The van der Waals surface area contributed by atoms with E-state index >= 15 is 0 Å². The Kier molecular flexibility index (Phi) is 6.87. The van der Waals surface area contributed by atoms with E-state index in [1.54, 1.807) is 25.3 Å². The van der Waals surface area contributed by atoms with Gasteiger partial charge in [-0.1, -0.05) is 25.4 Å². The fourth-order valence-corrected chi connectivity index (χ4v) is 4.52. The summed E-state index contributed by atoms with van der Waals surface area (Å²) in [4.78, 5) is 18.8. The molecule has 0 fully saturated rings. The number of fused-ring (bicyclic) bond motifs is 1. The Bertz CT molecular complexity index is 935. The highest BCUT2D eigenvalue weighted by molar-refractivity contribution is 6.33. The molecule has 0 bridgehead atoms. The predicted octanol–water partition coefficient (Wildman–Crippen LogP) is 6.77. The second-order valence-electron chi connectivity index (χ2n) is 8.53. The van der Waals surface area contributed by atoms with E-state index in [-0.39, 0.29) is 11.5 Å². The zero-order valence-corrected chi connectivity index (χ0v) is 19.3. The minimum absolute atomic E-state index is 0.113. The molecule has 2 aromatic rings. The normalized spacial score (nSPS) is 17.8. The molecule has 0 spiro atoms. The van der Waals surface area contributed by atoms with Crippen LogP contribution in [0.5, 0.6) is 0 Å². The SMILES string of the molecule is CCCN1c2cc(Cl)c(C=Nc3ccc(C(=O)OCC)cc3)cc2C(C)CC1(C)C. The Morgan fingerprint density at radius 3 is 2.60 bits per heavy atom. The summed E-state index contributed by atoms with van der Waals surface area (Å²) in [6.45, 7) is 12.3. The highest BCUT2D eigenvalue weighted by Gasteiger charge is 2.36. The Labute approximate surface area is 184 Å². The monoisotopic (exact) mass is 426 g/mol.